The standard InChI is InChI=1S/C44H27N3/c1-3-14-28(15-4-1)41-45-42(29-16-5-2-6-17-29)47-43(46-41)36-22-13-21-34-30(36)26-27-35-33-20-9-12-25-39(33)44(40(34)35)37-23-10-7-18-31(37)32-19-8-11-24-38(32)44/h1-27H. The van der Waals surface area contributed by atoms with Crippen LogP contribution in [-0.2, 0) is 5.41 Å². The molecule has 2 aliphatic rings. The summed E-state index contributed by atoms with van der Waals surface area (Å²) in [5.41, 5.74) is 13.0. The highest BCUT2D eigenvalue weighted by molar-refractivity contribution is 6.07. The summed E-state index contributed by atoms with van der Waals surface area (Å²) in [4.78, 5) is 15.2. The van der Waals surface area contributed by atoms with Gasteiger partial charge in [0.05, 0.1) is 5.41 Å². The molecule has 2 aliphatic carbocycles. The first kappa shape index (κ1) is 26.1. The fraction of sp³-hybridized carbons (Fsp3) is 0.0227. The van der Waals surface area contributed by atoms with Gasteiger partial charge >= 0.3 is 0 Å². The Morgan fingerprint density at radius 1 is 0.298 bits per heavy atom. The van der Waals surface area contributed by atoms with Gasteiger partial charge in [-0.1, -0.05) is 164 Å². The Morgan fingerprint density at radius 2 is 0.745 bits per heavy atom. The minimum Gasteiger partial charge on any atom is -0.208 e. The van der Waals surface area contributed by atoms with E-state index in [0.29, 0.717) is 17.5 Å². The predicted molar refractivity (Wildman–Crippen MR) is 190 cm³/mol. The summed E-state index contributed by atoms with van der Waals surface area (Å²) in [6.07, 6.45) is 0. The van der Waals surface area contributed by atoms with Crippen molar-refractivity contribution in [1.82, 2.24) is 15.0 Å². The lowest BCUT2D eigenvalue weighted by Gasteiger charge is -2.31. The molecule has 0 saturated heterocycles. The number of nitrogens with zero attached hydrogens (tertiary/aromatic N) is 3. The summed E-state index contributed by atoms with van der Waals surface area (Å²) >= 11 is 0. The summed E-state index contributed by atoms with van der Waals surface area (Å²) < 4.78 is 0. The summed E-state index contributed by atoms with van der Waals surface area (Å²) in [6.45, 7) is 0. The monoisotopic (exact) mass is 597 g/mol. The van der Waals surface area contributed by atoms with Crippen LogP contribution in [0.4, 0.5) is 0 Å². The zero-order chi connectivity index (χ0) is 31.0. The van der Waals surface area contributed by atoms with E-state index in [4.69, 9.17) is 15.0 Å². The van der Waals surface area contributed by atoms with Crippen molar-refractivity contribution in [3.63, 3.8) is 0 Å². The highest BCUT2D eigenvalue weighted by atomic mass is 15.0. The highest BCUT2D eigenvalue weighted by Gasteiger charge is 2.52. The second-order valence-corrected chi connectivity index (χ2v) is 12.3. The van der Waals surface area contributed by atoms with E-state index < -0.39 is 5.41 Å². The van der Waals surface area contributed by atoms with Crippen LogP contribution >= 0.6 is 0 Å². The molecule has 0 N–H and O–H groups in total. The largest absolute Gasteiger partial charge is 0.208 e. The Labute approximate surface area is 272 Å². The third kappa shape index (κ3) is 3.60. The first-order chi connectivity index (χ1) is 23.3. The third-order valence-electron chi connectivity index (χ3n) is 9.95. The molecule has 1 heterocycles. The molecule has 1 aromatic heterocycles. The van der Waals surface area contributed by atoms with Crippen LogP contribution in [0, 0.1) is 0 Å². The van der Waals surface area contributed by atoms with Crippen molar-refractivity contribution in [3.8, 4) is 56.4 Å². The Morgan fingerprint density at radius 3 is 1.30 bits per heavy atom. The number of benzene rings is 7. The first-order valence-corrected chi connectivity index (χ1v) is 16.0. The van der Waals surface area contributed by atoms with Crippen molar-refractivity contribution >= 4 is 10.8 Å². The zero-order valence-corrected chi connectivity index (χ0v) is 25.4. The van der Waals surface area contributed by atoms with Gasteiger partial charge in [0, 0.05) is 16.7 Å². The second-order valence-electron chi connectivity index (χ2n) is 12.3. The normalized spacial score (nSPS) is 13.3. The first-order valence-electron chi connectivity index (χ1n) is 16.0. The minimum atomic E-state index is -0.430. The van der Waals surface area contributed by atoms with Crippen LogP contribution in [-0.4, -0.2) is 15.0 Å². The van der Waals surface area contributed by atoms with Crippen molar-refractivity contribution in [1.29, 1.82) is 0 Å². The molecule has 218 valence electrons. The van der Waals surface area contributed by atoms with E-state index in [2.05, 4.69) is 127 Å². The van der Waals surface area contributed by atoms with Crippen LogP contribution in [0.25, 0.3) is 67.2 Å². The fourth-order valence-corrected chi connectivity index (χ4v) is 8.08. The molecule has 0 bridgehead atoms. The number of hydrogen-bond donors (Lipinski definition) is 0. The molecule has 8 aromatic rings. The molecular formula is C44H27N3. The maximum atomic E-state index is 5.12. The van der Waals surface area contributed by atoms with Crippen molar-refractivity contribution in [2.45, 2.75) is 5.41 Å². The Balaban J connectivity index is 1.29. The van der Waals surface area contributed by atoms with Crippen LogP contribution in [0.2, 0.25) is 0 Å². The van der Waals surface area contributed by atoms with Gasteiger partial charge in [-0.25, -0.2) is 15.0 Å². The van der Waals surface area contributed by atoms with Gasteiger partial charge in [-0.3, -0.25) is 0 Å². The van der Waals surface area contributed by atoms with Crippen LogP contribution in [0.3, 0.4) is 0 Å². The van der Waals surface area contributed by atoms with Crippen LogP contribution < -0.4 is 0 Å². The smallest absolute Gasteiger partial charge is 0.164 e. The summed E-state index contributed by atoms with van der Waals surface area (Å²) in [5.74, 6) is 1.99. The molecule has 0 unspecified atom stereocenters. The molecule has 7 aromatic carbocycles. The molecule has 0 saturated carbocycles. The predicted octanol–water partition coefficient (Wildman–Crippen LogP) is 10.4. The molecular weight excluding hydrogens is 571 g/mol. The van der Waals surface area contributed by atoms with Gasteiger partial charge in [0.15, 0.2) is 17.5 Å². The van der Waals surface area contributed by atoms with Crippen molar-refractivity contribution in [3.05, 3.63) is 186 Å². The molecule has 3 nitrogen and oxygen atoms in total. The molecule has 10 rings (SSSR count). The van der Waals surface area contributed by atoms with Crippen LogP contribution in [0.1, 0.15) is 22.3 Å². The minimum absolute atomic E-state index is 0.430. The SMILES string of the molecule is c1ccc(-c2nc(-c3ccccc3)nc(-c3cccc4c5c(ccc34)-c3ccccc3C53c4ccccc4-c4ccccc43)n2)cc1. The van der Waals surface area contributed by atoms with Crippen molar-refractivity contribution in [2.75, 3.05) is 0 Å². The van der Waals surface area contributed by atoms with E-state index in [9.17, 15) is 0 Å². The van der Waals surface area contributed by atoms with Gasteiger partial charge in [0.2, 0.25) is 0 Å². The van der Waals surface area contributed by atoms with Crippen LogP contribution in [0.15, 0.2) is 164 Å². The lowest BCUT2D eigenvalue weighted by molar-refractivity contribution is 0.801. The Hall–Kier alpha value is -6.19. The molecule has 0 radical (unpaired) electrons. The lowest BCUT2D eigenvalue weighted by atomic mass is 9.69. The maximum Gasteiger partial charge on any atom is 0.164 e. The van der Waals surface area contributed by atoms with E-state index in [0.717, 1.165) is 22.1 Å². The fourth-order valence-electron chi connectivity index (χ4n) is 8.08. The maximum absolute atomic E-state index is 5.12. The molecule has 3 heteroatoms. The molecule has 0 amide bonds. The van der Waals surface area contributed by atoms with Gasteiger partial charge in [-0.15, -0.1) is 0 Å². The van der Waals surface area contributed by atoms with Gasteiger partial charge in [-0.05, 0) is 55.3 Å². The third-order valence-corrected chi connectivity index (χ3v) is 9.95. The van der Waals surface area contributed by atoms with Crippen molar-refractivity contribution in [2.24, 2.45) is 0 Å². The molecule has 0 fully saturated rings. The van der Waals surface area contributed by atoms with Gasteiger partial charge in [0.1, 0.15) is 0 Å². The number of fused-ring (bicyclic) bond motifs is 12. The number of hydrogen-bond acceptors (Lipinski definition) is 3. The van der Waals surface area contributed by atoms with Gasteiger partial charge < -0.3 is 0 Å². The van der Waals surface area contributed by atoms with Gasteiger partial charge in [-0.2, -0.15) is 0 Å². The average molecular weight is 598 g/mol. The van der Waals surface area contributed by atoms with Crippen LogP contribution in [0.5, 0.6) is 0 Å². The van der Waals surface area contributed by atoms with Crippen molar-refractivity contribution < 1.29 is 0 Å². The van der Waals surface area contributed by atoms with E-state index in [1.54, 1.807) is 0 Å². The number of rotatable bonds is 3. The van der Waals surface area contributed by atoms with E-state index >= 15 is 0 Å². The average Bonchev–Trinajstić information content (AvgIpc) is 3.63. The number of aromatic nitrogens is 3. The summed E-state index contributed by atoms with van der Waals surface area (Å²) in [7, 11) is 0. The Bertz CT molecular complexity index is 2400. The topological polar surface area (TPSA) is 38.7 Å². The lowest BCUT2D eigenvalue weighted by Crippen LogP contribution is -2.26. The second kappa shape index (κ2) is 9.90. The van der Waals surface area contributed by atoms with E-state index in [1.165, 1.54) is 49.9 Å². The Kier molecular flexibility index (Phi) is 5.49. The molecule has 0 atom stereocenters. The van der Waals surface area contributed by atoms with Gasteiger partial charge in [0.25, 0.3) is 0 Å². The molecule has 1 spiro atoms. The summed E-state index contributed by atoms with van der Waals surface area (Å²) in [5, 5.41) is 2.34. The molecule has 0 aliphatic heterocycles. The highest BCUT2D eigenvalue weighted by Crippen LogP contribution is 2.64. The quantitative estimate of drug-likeness (QED) is 0.203. The zero-order valence-electron chi connectivity index (χ0n) is 25.4. The summed E-state index contributed by atoms with van der Waals surface area (Å²) in [6, 6.07) is 58.4. The van der Waals surface area contributed by atoms with E-state index in [1.807, 2.05) is 36.4 Å². The molecule has 47 heavy (non-hydrogen) atoms. The van der Waals surface area contributed by atoms with E-state index in [-0.39, 0.29) is 0 Å².